The standard InChI is InChI=1S/C20H21N3O4/c1-4-18-22-17-8-6-5-7-16(17)20(25)23(18)12-19(24)21-13-9-14(26-2)11-15(10-13)27-3/h5-11H,4,12H2,1-3H3,(H,21,24). The van der Waals surface area contributed by atoms with E-state index in [-0.39, 0.29) is 18.0 Å². The lowest BCUT2D eigenvalue weighted by molar-refractivity contribution is -0.116. The summed E-state index contributed by atoms with van der Waals surface area (Å²) in [6, 6.07) is 12.2. The summed E-state index contributed by atoms with van der Waals surface area (Å²) in [5.74, 6) is 1.35. The van der Waals surface area contributed by atoms with Crippen LogP contribution in [0, 0.1) is 0 Å². The third-order valence-electron chi connectivity index (χ3n) is 4.19. The van der Waals surface area contributed by atoms with Crippen molar-refractivity contribution in [2.45, 2.75) is 19.9 Å². The molecule has 0 saturated carbocycles. The highest BCUT2D eigenvalue weighted by atomic mass is 16.5. The Bertz CT molecular complexity index is 1020. The number of nitrogens with zero attached hydrogens (tertiary/aromatic N) is 2. The van der Waals surface area contributed by atoms with Crippen LogP contribution in [0.2, 0.25) is 0 Å². The number of amides is 1. The van der Waals surface area contributed by atoms with Gasteiger partial charge in [0.25, 0.3) is 5.56 Å². The number of ether oxygens (including phenoxy) is 2. The summed E-state index contributed by atoms with van der Waals surface area (Å²) in [5, 5.41) is 3.27. The maximum absolute atomic E-state index is 12.8. The van der Waals surface area contributed by atoms with E-state index in [2.05, 4.69) is 10.3 Å². The molecule has 1 N–H and O–H groups in total. The smallest absolute Gasteiger partial charge is 0.261 e. The van der Waals surface area contributed by atoms with Gasteiger partial charge in [0.15, 0.2) is 0 Å². The first kappa shape index (κ1) is 18.4. The van der Waals surface area contributed by atoms with Crippen molar-refractivity contribution in [3.63, 3.8) is 0 Å². The predicted octanol–water partition coefficient (Wildman–Crippen LogP) is 2.61. The highest BCUT2D eigenvalue weighted by molar-refractivity contribution is 5.91. The van der Waals surface area contributed by atoms with Crippen molar-refractivity contribution in [2.24, 2.45) is 0 Å². The van der Waals surface area contributed by atoms with Crippen molar-refractivity contribution >= 4 is 22.5 Å². The molecule has 0 aliphatic rings. The van der Waals surface area contributed by atoms with Gasteiger partial charge in [-0.05, 0) is 12.1 Å². The highest BCUT2D eigenvalue weighted by Crippen LogP contribution is 2.25. The Labute approximate surface area is 156 Å². The molecule has 0 spiro atoms. The van der Waals surface area contributed by atoms with Gasteiger partial charge < -0.3 is 14.8 Å². The zero-order chi connectivity index (χ0) is 19.4. The summed E-state index contributed by atoms with van der Waals surface area (Å²) in [5.41, 5.74) is 0.931. The number of fused-ring (bicyclic) bond motifs is 1. The summed E-state index contributed by atoms with van der Waals surface area (Å²) in [6.07, 6.45) is 0.542. The molecule has 0 atom stereocenters. The second kappa shape index (κ2) is 7.90. The van der Waals surface area contributed by atoms with Crippen molar-refractivity contribution in [2.75, 3.05) is 19.5 Å². The number of hydrogen-bond donors (Lipinski definition) is 1. The van der Waals surface area contributed by atoms with E-state index in [4.69, 9.17) is 9.47 Å². The molecule has 1 aromatic heterocycles. The van der Waals surface area contributed by atoms with Gasteiger partial charge >= 0.3 is 0 Å². The number of aromatic nitrogens is 2. The molecule has 27 heavy (non-hydrogen) atoms. The SMILES string of the molecule is CCc1nc2ccccc2c(=O)n1CC(=O)Nc1cc(OC)cc(OC)c1. The quantitative estimate of drug-likeness (QED) is 0.724. The fraction of sp³-hybridized carbons (Fsp3) is 0.250. The number of carbonyl (C=O) groups excluding carboxylic acids is 1. The van der Waals surface area contributed by atoms with Gasteiger partial charge in [0.05, 0.1) is 25.1 Å². The minimum atomic E-state index is -0.334. The monoisotopic (exact) mass is 367 g/mol. The third kappa shape index (κ3) is 3.92. The Morgan fingerprint density at radius 2 is 1.78 bits per heavy atom. The van der Waals surface area contributed by atoms with Gasteiger partial charge in [0.1, 0.15) is 23.9 Å². The lowest BCUT2D eigenvalue weighted by atomic mass is 10.2. The molecule has 0 bridgehead atoms. The Morgan fingerprint density at radius 3 is 2.41 bits per heavy atom. The van der Waals surface area contributed by atoms with Crippen molar-refractivity contribution < 1.29 is 14.3 Å². The Kier molecular flexibility index (Phi) is 5.40. The second-order valence-electron chi connectivity index (χ2n) is 5.94. The molecular formula is C20H21N3O4. The average Bonchev–Trinajstić information content (AvgIpc) is 2.69. The number of anilines is 1. The van der Waals surface area contributed by atoms with Crippen molar-refractivity contribution in [1.29, 1.82) is 0 Å². The van der Waals surface area contributed by atoms with E-state index < -0.39 is 0 Å². The Balaban J connectivity index is 1.90. The number of carbonyl (C=O) groups is 1. The number of benzene rings is 2. The maximum atomic E-state index is 12.8. The van der Waals surface area contributed by atoms with Crippen LogP contribution in [-0.2, 0) is 17.8 Å². The summed E-state index contributed by atoms with van der Waals surface area (Å²) in [4.78, 5) is 29.9. The molecule has 0 aliphatic carbocycles. The summed E-state index contributed by atoms with van der Waals surface area (Å²) in [7, 11) is 3.07. The molecule has 1 amide bonds. The van der Waals surface area contributed by atoms with E-state index >= 15 is 0 Å². The summed E-state index contributed by atoms with van der Waals surface area (Å²) in [6.45, 7) is 1.78. The van der Waals surface area contributed by atoms with Gasteiger partial charge in [0.2, 0.25) is 5.91 Å². The molecule has 7 heteroatoms. The fourth-order valence-electron chi connectivity index (χ4n) is 2.87. The van der Waals surface area contributed by atoms with E-state index in [1.54, 1.807) is 36.4 Å². The van der Waals surface area contributed by atoms with Gasteiger partial charge in [-0.1, -0.05) is 19.1 Å². The number of para-hydroxylation sites is 1. The number of rotatable bonds is 6. The van der Waals surface area contributed by atoms with Crippen LogP contribution in [0.3, 0.4) is 0 Å². The number of hydrogen-bond acceptors (Lipinski definition) is 5. The van der Waals surface area contributed by atoms with E-state index in [1.807, 2.05) is 13.0 Å². The molecule has 0 unspecified atom stereocenters. The Hall–Kier alpha value is -3.35. The van der Waals surface area contributed by atoms with Crippen LogP contribution in [0.5, 0.6) is 11.5 Å². The molecule has 0 saturated heterocycles. The third-order valence-corrected chi connectivity index (χ3v) is 4.19. The van der Waals surface area contributed by atoms with Crippen molar-refractivity contribution in [3.05, 3.63) is 58.6 Å². The number of aryl methyl sites for hydroxylation is 1. The van der Waals surface area contributed by atoms with Crippen LogP contribution < -0.4 is 20.3 Å². The first-order valence-corrected chi connectivity index (χ1v) is 8.57. The lowest BCUT2D eigenvalue weighted by Crippen LogP contribution is -2.31. The fourth-order valence-corrected chi connectivity index (χ4v) is 2.87. The van der Waals surface area contributed by atoms with Gasteiger partial charge in [-0.25, -0.2) is 4.98 Å². The van der Waals surface area contributed by atoms with Crippen molar-refractivity contribution in [3.8, 4) is 11.5 Å². The number of methoxy groups -OCH3 is 2. The molecule has 3 aromatic rings. The lowest BCUT2D eigenvalue weighted by Gasteiger charge is -2.13. The number of nitrogens with one attached hydrogen (secondary N) is 1. The summed E-state index contributed by atoms with van der Waals surface area (Å²) >= 11 is 0. The minimum Gasteiger partial charge on any atom is -0.497 e. The normalized spacial score (nSPS) is 10.6. The second-order valence-corrected chi connectivity index (χ2v) is 5.94. The maximum Gasteiger partial charge on any atom is 0.261 e. The van der Waals surface area contributed by atoms with Gasteiger partial charge in [-0.2, -0.15) is 0 Å². The average molecular weight is 367 g/mol. The molecule has 3 rings (SSSR count). The molecule has 2 aromatic carbocycles. The molecule has 0 fully saturated rings. The van der Waals surface area contributed by atoms with Gasteiger partial charge in [-0.15, -0.1) is 0 Å². The van der Waals surface area contributed by atoms with Crippen LogP contribution in [0.1, 0.15) is 12.7 Å². The van der Waals surface area contributed by atoms with Crippen LogP contribution in [0.25, 0.3) is 10.9 Å². The van der Waals surface area contributed by atoms with E-state index in [0.29, 0.717) is 40.3 Å². The molecule has 1 heterocycles. The molecule has 0 aliphatic heterocycles. The van der Waals surface area contributed by atoms with Gasteiger partial charge in [0, 0.05) is 30.3 Å². The highest BCUT2D eigenvalue weighted by Gasteiger charge is 2.13. The minimum absolute atomic E-state index is 0.126. The van der Waals surface area contributed by atoms with E-state index in [0.717, 1.165) is 0 Å². The van der Waals surface area contributed by atoms with Gasteiger partial charge in [-0.3, -0.25) is 14.2 Å². The van der Waals surface area contributed by atoms with Crippen LogP contribution in [0.4, 0.5) is 5.69 Å². The molecule has 0 radical (unpaired) electrons. The van der Waals surface area contributed by atoms with E-state index in [1.165, 1.54) is 18.8 Å². The topological polar surface area (TPSA) is 82.5 Å². The molecular weight excluding hydrogens is 346 g/mol. The first-order valence-electron chi connectivity index (χ1n) is 8.57. The van der Waals surface area contributed by atoms with Crippen LogP contribution in [0.15, 0.2) is 47.3 Å². The molecule has 140 valence electrons. The summed E-state index contributed by atoms with van der Waals surface area (Å²) < 4.78 is 11.8. The zero-order valence-corrected chi connectivity index (χ0v) is 15.5. The first-order chi connectivity index (χ1) is 13.0. The zero-order valence-electron chi connectivity index (χ0n) is 15.5. The Morgan fingerprint density at radius 1 is 1.11 bits per heavy atom. The van der Waals surface area contributed by atoms with Crippen LogP contribution in [-0.4, -0.2) is 29.7 Å². The predicted molar refractivity (Wildman–Crippen MR) is 104 cm³/mol. The van der Waals surface area contributed by atoms with E-state index in [9.17, 15) is 9.59 Å². The largest absolute Gasteiger partial charge is 0.497 e. The molecule has 7 nitrogen and oxygen atoms in total. The van der Waals surface area contributed by atoms with Crippen molar-refractivity contribution in [1.82, 2.24) is 9.55 Å². The van der Waals surface area contributed by atoms with Crippen LogP contribution >= 0.6 is 0 Å².